The number of aromatic nitrogens is 2. The molecule has 0 unspecified atom stereocenters. The summed E-state index contributed by atoms with van der Waals surface area (Å²) >= 11 is 0. The number of ether oxygens (including phenoxy) is 1. The summed E-state index contributed by atoms with van der Waals surface area (Å²) < 4.78 is 20.9. The van der Waals surface area contributed by atoms with Gasteiger partial charge in [-0.25, -0.2) is 9.37 Å². The fraction of sp³-hybridized carbons (Fsp3) is 0.364. The smallest absolute Gasteiger partial charge is 0.223 e. The minimum atomic E-state index is -0.266. The van der Waals surface area contributed by atoms with Crippen LogP contribution in [-0.2, 0) is 22.6 Å². The molecule has 0 saturated carbocycles. The number of halogens is 1. The van der Waals surface area contributed by atoms with Gasteiger partial charge in [-0.15, -0.1) is 0 Å². The van der Waals surface area contributed by atoms with Crippen LogP contribution in [0.15, 0.2) is 48.5 Å². The van der Waals surface area contributed by atoms with Crippen molar-refractivity contribution in [3.63, 3.8) is 0 Å². The van der Waals surface area contributed by atoms with E-state index in [0.29, 0.717) is 39.3 Å². The van der Waals surface area contributed by atoms with Gasteiger partial charge in [0.1, 0.15) is 11.6 Å². The standard InChI is InChI=1S/C22H24FN3O2/c1-2-28-12-11-26-20-6-4-3-5-19(20)24-22(26)17-13-21(27)25(15-17)14-16-7-9-18(23)10-8-16/h3-10,17H,2,11-15H2,1H3/t17-/m1/s1. The SMILES string of the molecule is CCOCCn1c([C@@H]2CC(=O)N(Cc3ccc(F)cc3)C2)nc2ccccc21. The zero-order valence-corrected chi connectivity index (χ0v) is 16.0. The molecule has 28 heavy (non-hydrogen) atoms. The highest BCUT2D eigenvalue weighted by molar-refractivity contribution is 5.81. The lowest BCUT2D eigenvalue weighted by molar-refractivity contribution is -0.128. The molecule has 0 aliphatic carbocycles. The van der Waals surface area contributed by atoms with Crippen molar-refractivity contribution >= 4 is 16.9 Å². The Kier molecular flexibility index (Phi) is 5.39. The van der Waals surface area contributed by atoms with Gasteiger partial charge in [-0.3, -0.25) is 4.79 Å². The van der Waals surface area contributed by atoms with Crippen LogP contribution in [0.25, 0.3) is 11.0 Å². The third kappa shape index (κ3) is 3.78. The first kappa shape index (κ1) is 18.6. The van der Waals surface area contributed by atoms with E-state index in [4.69, 9.17) is 9.72 Å². The second-order valence-electron chi connectivity index (χ2n) is 7.11. The van der Waals surface area contributed by atoms with E-state index in [1.807, 2.05) is 30.0 Å². The third-order valence-electron chi connectivity index (χ3n) is 5.21. The van der Waals surface area contributed by atoms with Crippen LogP contribution in [-0.4, -0.2) is 40.1 Å². The summed E-state index contributed by atoms with van der Waals surface area (Å²) in [6.45, 7) is 5.10. The first-order valence-corrected chi connectivity index (χ1v) is 9.71. The lowest BCUT2D eigenvalue weighted by Crippen LogP contribution is -2.24. The number of fused-ring (bicyclic) bond motifs is 1. The highest BCUT2D eigenvalue weighted by atomic mass is 19.1. The van der Waals surface area contributed by atoms with Crippen molar-refractivity contribution in [2.45, 2.75) is 32.4 Å². The molecule has 1 amide bonds. The molecule has 2 heterocycles. The van der Waals surface area contributed by atoms with Crippen molar-refractivity contribution in [1.82, 2.24) is 14.5 Å². The van der Waals surface area contributed by atoms with E-state index < -0.39 is 0 Å². The van der Waals surface area contributed by atoms with Crippen molar-refractivity contribution < 1.29 is 13.9 Å². The molecule has 1 atom stereocenters. The number of para-hydroxylation sites is 2. The lowest BCUT2D eigenvalue weighted by atomic mass is 10.1. The average molecular weight is 381 g/mol. The van der Waals surface area contributed by atoms with Crippen LogP contribution < -0.4 is 0 Å². The van der Waals surface area contributed by atoms with Gasteiger partial charge in [-0.2, -0.15) is 0 Å². The maximum Gasteiger partial charge on any atom is 0.223 e. The molecule has 1 aliphatic rings. The summed E-state index contributed by atoms with van der Waals surface area (Å²) in [6, 6.07) is 14.4. The van der Waals surface area contributed by atoms with Crippen molar-refractivity contribution in [3.8, 4) is 0 Å². The van der Waals surface area contributed by atoms with Gasteiger partial charge in [0.25, 0.3) is 0 Å². The molecule has 1 fully saturated rings. The molecule has 1 aliphatic heterocycles. The predicted octanol–water partition coefficient (Wildman–Crippen LogP) is 3.73. The minimum Gasteiger partial charge on any atom is -0.380 e. The summed E-state index contributed by atoms with van der Waals surface area (Å²) in [5, 5.41) is 0. The highest BCUT2D eigenvalue weighted by Crippen LogP contribution is 2.31. The molecule has 0 radical (unpaired) electrons. The van der Waals surface area contributed by atoms with Crippen molar-refractivity contribution in [1.29, 1.82) is 0 Å². The van der Waals surface area contributed by atoms with E-state index in [-0.39, 0.29) is 17.6 Å². The molecular weight excluding hydrogens is 357 g/mol. The number of hydrogen-bond donors (Lipinski definition) is 0. The topological polar surface area (TPSA) is 47.4 Å². The Hall–Kier alpha value is -2.73. The van der Waals surface area contributed by atoms with E-state index in [2.05, 4.69) is 10.6 Å². The van der Waals surface area contributed by atoms with E-state index in [1.54, 1.807) is 12.1 Å². The molecule has 1 saturated heterocycles. The quantitative estimate of drug-likeness (QED) is 0.586. The van der Waals surface area contributed by atoms with Crippen LogP contribution in [0.2, 0.25) is 0 Å². The summed E-state index contributed by atoms with van der Waals surface area (Å²) in [5.41, 5.74) is 2.94. The minimum absolute atomic E-state index is 0.0435. The van der Waals surface area contributed by atoms with Gasteiger partial charge in [0.05, 0.1) is 17.6 Å². The zero-order valence-electron chi connectivity index (χ0n) is 16.0. The Balaban J connectivity index is 1.56. The zero-order chi connectivity index (χ0) is 19.5. The Labute approximate surface area is 163 Å². The molecule has 0 bridgehead atoms. The fourth-order valence-corrected chi connectivity index (χ4v) is 3.85. The van der Waals surface area contributed by atoms with Gasteiger partial charge in [0.2, 0.25) is 5.91 Å². The summed E-state index contributed by atoms with van der Waals surface area (Å²) in [4.78, 5) is 19.3. The van der Waals surface area contributed by atoms with Gasteiger partial charge in [-0.1, -0.05) is 24.3 Å². The van der Waals surface area contributed by atoms with E-state index in [1.165, 1.54) is 12.1 Å². The van der Waals surface area contributed by atoms with E-state index in [9.17, 15) is 9.18 Å². The Bertz CT molecular complexity index is 968. The number of rotatable bonds is 7. The summed E-state index contributed by atoms with van der Waals surface area (Å²) in [5.74, 6) is 0.827. The number of carbonyl (C=O) groups is 1. The van der Waals surface area contributed by atoms with Crippen molar-refractivity contribution in [3.05, 3.63) is 65.7 Å². The average Bonchev–Trinajstić information content (AvgIpc) is 3.25. The van der Waals surface area contributed by atoms with Crippen molar-refractivity contribution in [2.24, 2.45) is 0 Å². The van der Waals surface area contributed by atoms with Gasteiger partial charge in [-0.05, 0) is 36.8 Å². The van der Waals surface area contributed by atoms with Crippen molar-refractivity contribution in [2.75, 3.05) is 19.8 Å². The van der Waals surface area contributed by atoms with Crippen LogP contribution in [0.5, 0.6) is 0 Å². The maximum absolute atomic E-state index is 13.1. The molecule has 2 aromatic carbocycles. The molecule has 6 heteroatoms. The van der Waals surface area contributed by atoms with Gasteiger partial charge in [0, 0.05) is 38.6 Å². The Morgan fingerprint density at radius 1 is 1.18 bits per heavy atom. The largest absolute Gasteiger partial charge is 0.380 e. The normalized spacial score (nSPS) is 17.0. The van der Waals surface area contributed by atoms with E-state index >= 15 is 0 Å². The second kappa shape index (κ2) is 8.10. The number of nitrogens with zero attached hydrogens (tertiary/aromatic N) is 3. The van der Waals surface area contributed by atoms with Gasteiger partial charge in [0.15, 0.2) is 0 Å². The first-order chi connectivity index (χ1) is 13.7. The molecule has 1 aromatic heterocycles. The van der Waals surface area contributed by atoms with Crippen LogP contribution in [0.1, 0.15) is 30.7 Å². The summed E-state index contributed by atoms with van der Waals surface area (Å²) in [7, 11) is 0. The molecule has 4 rings (SSSR count). The number of imidazole rings is 1. The molecular formula is C22H24FN3O2. The number of carbonyl (C=O) groups excluding carboxylic acids is 1. The third-order valence-corrected chi connectivity index (χ3v) is 5.21. The highest BCUT2D eigenvalue weighted by Gasteiger charge is 2.33. The van der Waals surface area contributed by atoms with Crippen LogP contribution in [0, 0.1) is 5.82 Å². The molecule has 146 valence electrons. The van der Waals surface area contributed by atoms with Gasteiger partial charge < -0.3 is 14.2 Å². The number of benzene rings is 2. The molecule has 5 nitrogen and oxygen atoms in total. The number of hydrogen-bond acceptors (Lipinski definition) is 3. The Morgan fingerprint density at radius 2 is 1.96 bits per heavy atom. The lowest BCUT2D eigenvalue weighted by Gasteiger charge is -2.17. The number of amides is 1. The molecule has 0 spiro atoms. The van der Waals surface area contributed by atoms with Crippen LogP contribution in [0.4, 0.5) is 4.39 Å². The van der Waals surface area contributed by atoms with Crippen LogP contribution in [0.3, 0.4) is 0 Å². The second-order valence-corrected chi connectivity index (χ2v) is 7.11. The molecule has 3 aromatic rings. The first-order valence-electron chi connectivity index (χ1n) is 9.71. The van der Waals surface area contributed by atoms with E-state index in [0.717, 1.165) is 22.4 Å². The number of likely N-dealkylation sites (tertiary alicyclic amines) is 1. The molecule has 0 N–H and O–H groups in total. The monoisotopic (exact) mass is 381 g/mol. The predicted molar refractivity (Wildman–Crippen MR) is 105 cm³/mol. The van der Waals surface area contributed by atoms with Crippen LogP contribution >= 0.6 is 0 Å². The maximum atomic E-state index is 13.1. The summed E-state index contributed by atoms with van der Waals surface area (Å²) in [6.07, 6.45) is 0.444. The Morgan fingerprint density at radius 3 is 2.75 bits per heavy atom. The fourth-order valence-electron chi connectivity index (χ4n) is 3.85. The van der Waals surface area contributed by atoms with Gasteiger partial charge >= 0.3 is 0 Å².